The lowest BCUT2D eigenvalue weighted by atomic mass is 9.84. The summed E-state index contributed by atoms with van der Waals surface area (Å²) in [6, 6.07) is 4.89. The summed E-state index contributed by atoms with van der Waals surface area (Å²) in [5.74, 6) is -0.756. The van der Waals surface area contributed by atoms with Crippen LogP contribution in [0.1, 0.15) is 23.5 Å². The number of hydrogen-bond acceptors (Lipinski definition) is 1. The number of hydrogen-bond donors (Lipinski definition) is 1. The molecule has 1 fully saturated rings. The van der Waals surface area contributed by atoms with E-state index in [4.69, 9.17) is 0 Å². The van der Waals surface area contributed by atoms with Crippen molar-refractivity contribution >= 4 is 5.91 Å². The van der Waals surface area contributed by atoms with E-state index in [0.29, 0.717) is 16.8 Å². The Bertz CT molecular complexity index is 519. The van der Waals surface area contributed by atoms with Gasteiger partial charge in [-0.3, -0.25) is 4.79 Å². The second-order valence-corrected chi connectivity index (χ2v) is 4.33. The first-order valence-electron chi connectivity index (χ1n) is 5.43. The fourth-order valence-corrected chi connectivity index (χ4v) is 2.05. The third-order valence-electron chi connectivity index (χ3n) is 3.01. The molecule has 2 rings (SSSR count). The van der Waals surface area contributed by atoms with Gasteiger partial charge >= 0.3 is 0 Å². The van der Waals surface area contributed by atoms with Crippen molar-refractivity contribution in [1.29, 1.82) is 0 Å². The number of nitrogens with one attached hydrogen (secondary N) is 1. The Morgan fingerprint density at radius 1 is 1.41 bits per heavy atom. The molecule has 2 nitrogen and oxygen atoms in total. The Morgan fingerprint density at radius 2 is 2.12 bits per heavy atom. The van der Waals surface area contributed by atoms with Gasteiger partial charge in [0.25, 0.3) is 0 Å². The third kappa shape index (κ3) is 2.13. The van der Waals surface area contributed by atoms with Crippen LogP contribution in [0.3, 0.4) is 0 Å². The summed E-state index contributed by atoms with van der Waals surface area (Å²) >= 11 is 0. The molecule has 1 aromatic rings. The summed E-state index contributed by atoms with van der Waals surface area (Å²) in [7, 11) is 0. The largest absolute Gasteiger partial charge is 0.326 e. The number of amides is 1. The molecule has 1 unspecified atom stereocenters. The van der Waals surface area contributed by atoms with E-state index in [2.05, 4.69) is 18.5 Å². The molecule has 1 saturated heterocycles. The van der Waals surface area contributed by atoms with Gasteiger partial charge in [-0.05, 0) is 24.1 Å². The van der Waals surface area contributed by atoms with Gasteiger partial charge < -0.3 is 5.32 Å². The summed E-state index contributed by atoms with van der Waals surface area (Å²) in [4.78, 5) is 11.5. The molecule has 1 atom stereocenters. The van der Waals surface area contributed by atoms with Crippen molar-refractivity contribution in [3.63, 3.8) is 0 Å². The molecule has 0 spiro atoms. The zero-order chi connectivity index (χ0) is 12.6. The van der Waals surface area contributed by atoms with Gasteiger partial charge in [0.1, 0.15) is 5.82 Å². The van der Waals surface area contributed by atoms with E-state index in [1.165, 1.54) is 6.07 Å². The minimum absolute atomic E-state index is 0.145. The Labute approximate surface area is 99.8 Å². The van der Waals surface area contributed by atoms with E-state index in [1.54, 1.807) is 12.1 Å². The average molecular weight is 231 g/mol. The van der Waals surface area contributed by atoms with E-state index >= 15 is 0 Å². The first-order chi connectivity index (χ1) is 7.99. The lowest BCUT2D eigenvalue weighted by Gasteiger charge is -2.27. The van der Waals surface area contributed by atoms with Crippen molar-refractivity contribution in [2.75, 3.05) is 0 Å². The van der Waals surface area contributed by atoms with Gasteiger partial charge in [-0.15, -0.1) is 0 Å². The highest BCUT2D eigenvalue weighted by atomic mass is 19.1. The summed E-state index contributed by atoms with van der Waals surface area (Å²) in [5.41, 5.74) is 2.64. The van der Waals surface area contributed by atoms with Crippen LogP contribution < -0.4 is 5.32 Å². The molecule has 1 N–H and O–H groups in total. The number of aryl methyl sites for hydroxylation is 1. The first kappa shape index (κ1) is 11.6. The number of carbonyl (C=O) groups is 1. The van der Waals surface area contributed by atoms with Crippen LogP contribution in [0.2, 0.25) is 0 Å². The molecule has 1 amide bonds. The van der Waals surface area contributed by atoms with Gasteiger partial charge in [-0.25, -0.2) is 4.39 Å². The zero-order valence-electron chi connectivity index (χ0n) is 9.72. The maximum absolute atomic E-state index is 13.8. The van der Waals surface area contributed by atoms with E-state index in [-0.39, 0.29) is 24.1 Å². The topological polar surface area (TPSA) is 29.1 Å². The highest BCUT2D eigenvalue weighted by Crippen LogP contribution is 2.34. The minimum Gasteiger partial charge on any atom is -0.326 e. The van der Waals surface area contributed by atoms with Crippen LogP contribution in [0.5, 0.6) is 0 Å². The highest BCUT2D eigenvalue weighted by molar-refractivity contribution is 5.82. The molecule has 1 aliphatic heterocycles. The number of carbonyl (C=O) groups excluding carboxylic acids is 1. The van der Waals surface area contributed by atoms with Crippen LogP contribution in [0.15, 0.2) is 42.6 Å². The van der Waals surface area contributed by atoms with E-state index < -0.39 is 0 Å². The summed E-state index contributed by atoms with van der Waals surface area (Å²) in [5, 5.41) is 2.61. The van der Waals surface area contributed by atoms with E-state index in [9.17, 15) is 9.18 Å². The number of allylic oxidation sites excluding steroid dienone is 1. The molecule has 0 aliphatic carbocycles. The van der Waals surface area contributed by atoms with Gasteiger partial charge in [-0.2, -0.15) is 0 Å². The van der Waals surface area contributed by atoms with Crippen LogP contribution in [0.25, 0.3) is 0 Å². The van der Waals surface area contributed by atoms with Crippen LogP contribution in [-0.2, 0) is 4.79 Å². The van der Waals surface area contributed by atoms with Crippen molar-refractivity contribution < 1.29 is 9.18 Å². The molecule has 0 bridgehead atoms. The molecule has 1 aliphatic rings. The smallest absolute Gasteiger partial charge is 0.225 e. The number of rotatable bonds is 1. The Balaban J connectivity index is 2.44. The standard InChI is InChI=1S/C14H14FNO/c1-8-4-5-13(15)12(6-8)11-7-14(17)16-10(3)9(11)2/h4-6,11H,2-3,7H2,1H3,(H,16,17). The van der Waals surface area contributed by atoms with Gasteiger partial charge in [0.15, 0.2) is 0 Å². The zero-order valence-corrected chi connectivity index (χ0v) is 9.72. The Hall–Kier alpha value is -1.90. The molecule has 1 aromatic carbocycles. The number of benzene rings is 1. The van der Waals surface area contributed by atoms with Gasteiger partial charge in [-0.1, -0.05) is 30.9 Å². The SMILES string of the molecule is C=C1NC(=O)CC(c2cc(C)ccc2F)C1=C. The lowest BCUT2D eigenvalue weighted by Crippen LogP contribution is -2.32. The summed E-state index contributed by atoms with van der Waals surface area (Å²) in [6.45, 7) is 9.49. The third-order valence-corrected chi connectivity index (χ3v) is 3.01. The maximum Gasteiger partial charge on any atom is 0.225 e. The lowest BCUT2D eigenvalue weighted by molar-refractivity contribution is -0.121. The Kier molecular flexibility index (Phi) is 2.84. The summed E-state index contributed by atoms with van der Waals surface area (Å²) < 4.78 is 13.8. The summed E-state index contributed by atoms with van der Waals surface area (Å²) in [6.07, 6.45) is 0.220. The second-order valence-electron chi connectivity index (χ2n) is 4.33. The van der Waals surface area contributed by atoms with Gasteiger partial charge in [0, 0.05) is 18.0 Å². The molecular weight excluding hydrogens is 217 g/mol. The van der Waals surface area contributed by atoms with Gasteiger partial charge in [0.05, 0.1) is 0 Å². The molecule has 17 heavy (non-hydrogen) atoms. The van der Waals surface area contributed by atoms with Crippen LogP contribution >= 0.6 is 0 Å². The molecule has 88 valence electrons. The predicted molar refractivity (Wildman–Crippen MR) is 64.9 cm³/mol. The van der Waals surface area contributed by atoms with E-state index in [1.807, 2.05) is 6.92 Å². The number of halogens is 1. The first-order valence-corrected chi connectivity index (χ1v) is 5.43. The maximum atomic E-state index is 13.8. The molecule has 3 heteroatoms. The molecule has 0 radical (unpaired) electrons. The Morgan fingerprint density at radius 3 is 2.82 bits per heavy atom. The van der Waals surface area contributed by atoms with Crippen LogP contribution in [0.4, 0.5) is 4.39 Å². The quantitative estimate of drug-likeness (QED) is 0.791. The predicted octanol–water partition coefficient (Wildman–Crippen LogP) is 2.81. The molecular formula is C14H14FNO. The van der Waals surface area contributed by atoms with Gasteiger partial charge in [0.2, 0.25) is 5.91 Å². The van der Waals surface area contributed by atoms with Crippen LogP contribution in [-0.4, -0.2) is 5.91 Å². The fraction of sp³-hybridized carbons (Fsp3) is 0.214. The van der Waals surface area contributed by atoms with Crippen LogP contribution in [0, 0.1) is 12.7 Å². The molecule has 0 aromatic heterocycles. The van der Waals surface area contributed by atoms with Crippen molar-refractivity contribution in [1.82, 2.24) is 5.32 Å². The monoisotopic (exact) mass is 231 g/mol. The van der Waals surface area contributed by atoms with Crippen molar-refractivity contribution in [2.24, 2.45) is 0 Å². The van der Waals surface area contributed by atoms with Crippen molar-refractivity contribution in [2.45, 2.75) is 19.3 Å². The highest BCUT2D eigenvalue weighted by Gasteiger charge is 2.28. The van der Waals surface area contributed by atoms with Crippen molar-refractivity contribution in [3.8, 4) is 0 Å². The fourth-order valence-electron chi connectivity index (χ4n) is 2.05. The van der Waals surface area contributed by atoms with E-state index in [0.717, 1.165) is 5.56 Å². The average Bonchev–Trinajstić information content (AvgIpc) is 2.27. The normalized spacial score (nSPS) is 20.4. The minimum atomic E-state index is -0.309. The number of piperidine rings is 1. The molecule has 0 saturated carbocycles. The second kappa shape index (κ2) is 4.17. The van der Waals surface area contributed by atoms with Crippen molar-refractivity contribution in [3.05, 3.63) is 59.6 Å². The molecule has 1 heterocycles.